The molecule has 0 spiro atoms. The van der Waals surface area contributed by atoms with E-state index in [4.69, 9.17) is 9.72 Å². The van der Waals surface area contributed by atoms with Crippen molar-refractivity contribution in [3.8, 4) is 5.88 Å². The zero-order chi connectivity index (χ0) is 26.6. The van der Waals surface area contributed by atoms with Gasteiger partial charge in [-0.2, -0.15) is 0 Å². The number of aromatic nitrogens is 2. The van der Waals surface area contributed by atoms with E-state index in [-0.39, 0.29) is 23.6 Å². The highest BCUT2D eigenvalue weighted by Crippen LogP contribution is 2.28. The zero-order valence-corrected chi connectivity index (χ0v) is 22.9. The minimum absolute atomic E-state index is 0.0768. The molecule has 5 rings (SSSR count). The molecule has 1 aliphatic carbocycles. The van der Waals surface area contributed by atoms with Crippen LogP contribution in [0.25, 0.3) is 10.8 Å². The lowest BCUT2D eigenvalue weighted by Gasteiger charge is -2.31. The van der Waals surface area contributed by atoms with E-state index in [2.05, 4.69) is 16.3 Å². The standard InChI is InChI=1S/C31H40N4O3/c1-21(2)38-29-12-9-23-14-19-35(20-16-28(23)33-29)18-13-22-7-10-24(11-8-22)32-30(36)26-5-4-6-27-25(26)15-17-34(3)31(27)37/h4-6,9,12,15,17,21-22,24H,7-8,10-11,13-14,16,18-20H2,1-3H3,(H,32,36). The second-order valence-electron chi connectivity index (χ2n) is 11.2. The molecule has 7 heteroatoms. The van der Waals surface area contributed by atoms with Crippen LogP contribution in [0.4, 0.5) is 0 Å². The number of benzene rings is 1. The summed E-state index contributed by atoms with van der Waals surface area (Å²) >= 11 is 0. The van der Waals surface area contributed by atoms with Crippen LogP contribution in [0.3, 0.4) is 0 Å². The summed E-state index contributed by atoms with van der Waals surface area (Å²) in [5.74, 6) is 1.37. The molecule has 202 valence electrons. The summed E-state index contributed by atoms with van der Waals surface area (Å²) in [5, 5.41) is 4.56. The number of carbonyl (C=O) groups is 1. The van der Waals surface area contributed by atoms with Gasteiger partial charge in [0, 0.05) is 66.9 Å². The number of pyridine rings is 2. The first-order chi connectivity index (χ1) is 18.4. The molecule has 1 fully saturated rings. The Labute approximate surface area is 225 Å². The van der Waals surface area contributed by atoms with Gasteiger partial charge in [0.2, 0.25) is 5.88 Å². The number of hydrogen-bond acceptors (Lipinski definition) is 5. The van der Waals surface area contributed by atoms with Gasteiger partial charge in [-0.25, -0.2) is 4.98 Å². The van der Waals surface area contributed by atoms with E-state index in [0.717, 1.165) is 69.4 Å². The molecule has 3 heterocycles. The largest absolute Gasteiger partial charge is 0.475 e. The van der Waals surface area contributed by atoms with E-state index < -0.39 is 0 Å². The van der Waals surface area contributed by atoms with E-state index >= 15 is 0 Å². The van der Waals surface area contributed by atoms with Gasteiger partial charge in [-0.05, 0) is 88.6 Å². The number of aryl methyl sites for hydroxylation is 1. The van der Waals surface area contributed by atoms with Crippen molar-refractivity contribution in [2.75, 3.05) is 19.6 Å². The van der Waals surface area contributed by atoms with Gasteiger partial charge in [0.15, 0.2) is 0 Å². The van der Waals surface area contributed by atoms with Gasteiger partial charge in [0.25, 0.3) is 11.5 Å². The summed E-state index contributed by atoms with van der Waals surface area (Å²) in [6.07, 6.45) is 9.41. The predicted octanol–water partition coefficient (Wildman–Crippen LogP) is 4.50. The van der Waals surface area contributed by atoms with Crippen LogP contribution in [0.15, 0.2) is 47.4 Å². The van der Waals surface area contributed by atoms with Gasteiger partial charge in [0.05, 0.1) is 6.10 Å². The highest BCUT2D eigenvalue weighted by molar-refractivity contribution is 6.06. The Kier molecular flexibility index (Phi) is 8.12. The van der Waals surface area contributed by atoms with Crippen LogP contribution in [0.2, 0.25) is 0 Å². The lowest BCUT2D eigenvalue weighted by molar-refractivity contribution is 0.0921. The number of fused-ring (bicyclic) bond motifs is 2. The van der Waals surface area contributed by atoms with E-state index in [1.54, 1.807) is 29.9 Å². The van der Waals surface area contributed by atoms with Crippen LogP contribution in [-0.4, -0.2) is 52.1 Å². The number of nitrogens with zero attached hydrogens (tertiary/aromatic N) is 3. The second-order valence-corrected chi connectivity index (χ2v) is 11.2. The summed E-state index contributed by atoms with van der Waals surface area (Å²) in [6, 6.07) is 11.7. The molecule has 3 aromatic rings. The maximum atomic E-state index is 13.1. The first-order valence-corrected chi connectivity index (χ1v) is 14.1. The molecule has 0 atom stereocenters. The van der Waals surface area contributed by atoms with Crippen molar-refractivity contribution in [1.29, 1.82) is 0 Å². The third-order valence-corrected chi connectivity index (χ3v) is 8.16. The zero-order valence-electron chi connectivity index (χ0n) is 22.9. The van der Waals surface area contributed by atoms with E-state index in [1.165, 1.54) is 17.7 Å². The Bertz CT molecular complexity index is 1340. The maximum Gasteiger partial charge on any atom is 0.258 e. The Morgan fingerprint density at radius 2 is 1.84 bits per heavy atom. The number of ether oxygens (including phenoxy) is 1. The molecule has 0 saturated heterocycles. The quantitative estimate of drug-likeness (QED) is 0.500. The van der Waals surface area contributed by atoms with Crippen LogP contribution in [-0.2, 0) is 19.9 Å². The molecule has 0 unspecified atom stereocenters. The minimum Gasteiger partial charge on any atom is -0.475 e. The van der Waals surface area contributed by atoms with Crippen LogP contribution in [0.1, 0.15) is 67.6 Å². The third kappa shape index (κ3) is 6.09. The van der Waals surface area contributed by atoms with E-state index in [9.17, 15) is 9.59 Å². The second kappa shape index (κ2) is 11.7. The van der Waals surface area contributed by atoms with Crippen molar-refractivity contribution in [3.05, 3.63) is 69.8 Å². The first-order valence-electron chi connectivity index (χ1n) is 14.1. The predicted molar refractivity (Wildman–Crippen MR) is 151 cm³/mol. The lowest BCUT2D eigenvalue weighted by Crippen LogP contribution is -2.38. The SMILES string of the molecule is CC(C)Oc1ccc2c(n1)CCN(CCC1CCC(NC(=O)c3cccc4c(=O)n(C)ccc34)CC1)CC2. The van der Waals surface area contributed by atoms with Crippen molar-refractivity contribution in [2.24, 2.45) is 13.0 Å². The topological polar surface area (TPSA) is 76.5 Å². The molecule has 0 bridgehead atoms. The fourth-order valence-electron chi connectivity index (χ4n) is 5.94. The summed E-state index contributed by atoms with van der Waals surface area (Å²) in [5.41, 5.74) is 3.05. The molecule has 1 aromatic carbocycles. The Morgan fingerprint density at radius 3 is 2.63 bits per heavy atom. The van der Waals surface area contributed by atoms with E-state index in [0.29, 0.717) is 16.9 Å². The van der Waals surface area contributed by atoms with Crippen molar-refractivity contribution in [1.82, 2.24) is 19.8 Å². The van der Waals surface area contributed by atoms with Crippen LogP contribution >= 0.6 is 0 Å². The monoisotopic (exact) mass is 516 g/mol. The normalized spacial score (nSPS) is 20.2. The van der Waals surface area contributed by atoms with Gasteiger partial charge in [-0.1, -0.05) is 12.1 Å². The summed E-state index contributed by atoms with van der Waals surface area (Å²) in [7, 11) is 1.73. The number of rotatable bonds is 7. The molecule has 1 amide bonds. The molecular formula is C31H40N4O3. The van der Waals surface area contributed by atoms with Gasteiger partial charge in [-0.3, -0.25) is 9.59 Å². The molecule has 1 aliphatic heterocycles. The Morgan fingerprint density at radius 1 is 1.05 bits per heavy atom. The molecule has 2 aromatic heterocycles. The number of nitrogens with one attached hydrogen (secondary N) is 1. The number of carbonyl (C=O) groups excluding carboxylic acids is 1. The van der Waals surface area contributed by atoms with Crippen LogP contribution in [0, 0.1) is 5.92 Å². The van der Waals surface area contributed by atoms with E-state index in [1.807, 2.05) is 32.0 Å². The number of amides is 1. The molecule has 7 nitrogen and oxygen atoms in total. The third-order valence-electron chi connectivity index (χ3n) is 8.16. The molecule has 2 aliphatic rings. The fourth-order valence-corrected chi connectivity index (χ4v) is 5.94. The summed E-state index contributed by atoms with van der Waals surface area (Å²) in [4.78, 5) is 32.9. The molecule has 38 heavy (non-hydrogen) atoms. The lowest BCUT2D eigenvalue weighted by atomic mass is 9.84. The van der Waals surface area contributed by atoms with Crippen molar-refractivity contribution < 1.29 is 9.53 Å². The average molecular weight is 517 g/mol. The molecule has 1 N–H and O–H groups in total. The highest BCUT2D eigenvalue weighted by atomic mass is 16.5. The van der Waals surface area contributed by atoms with Crippen LogP contribution < -0.4 is 15.6 Å². The average Bonchev–Trinajstić information content (AvgIpc) is 3.11. The van der Waals surface area contributed by atoms with Crippen molar-refractivity contribution in [2.45, 2.75) is 70.9 Å². The van der Waals surface area contributed by atoms with Crippen LogP contribution in [0.5, 0.6) is 5.88 Å². The van der Waals surface area contributed by atoms with Crippen molar-refractivity contribution >= 4 is 16.7 Å². The minimum atomic E-state index is -0.0769. The van der Waals surface area contributed by atoms with Gasteiger partial charge < -0.3 is 19.5 Å². The fraction of sp³-hybridized carbons (Fsp3) is 0.516. The van der Waals surface area contributed by atoms with Gasteiger partial charge in [0.1, 0.15) is 0 Å². The Hall–Kier alpha value is -3.19. The summed E-state index contributed by atoms with van der Waals surface area (Å²) in [6.45, 7) is 7.32. The number of hydrogen-bond donors (Lipinski definition) is 1. The Balaban J connectivity index is 1.09. The summed E-state index contributed by atoms with van der Waals surface area (Å²) < 4.78 is 7.34. The molecule has 0 radical (unpaired) electrons. The smallest absolute Gasteiger partial charge is 0.258 e. The maximum absolute atomic E-state index is 13.1. The van der Waals surface area contributed by atoms with Crippen molar-refractivity contribution in [3.63, 3.8) is 0 Å². The van der Waals surface area contributed by atoms with Gasteiger partial charge in [-0.15, -0.1) is 0 Å². The van der Waals surface area contributed by atoms with Gasteiger partial charge >= 0.3 is 0 Å². The molecular weight excluding hydrogens is 476 g/mol. The highest BCUT2D eigenvalue weighted by Gasteiger charge is 2.24. The first kappa shape index (κ1) is 26.4. The molecule has 1 saturated carbocycles.